The molecule has 2 unspecified atom stereocenters. The quantitative estimate of drug-likeness (QED) is 0.814. The molecule has 1 aromatic heterocycles. The second kappa shape index (κ2) is 5.41. The highest BCUT2D eigenvalue weighted by atomic mass is 14.9. The van der Waals surface area contributed by atoms with Crippen molar-refractivity contribution < 1.29 is 0 Å². The summed E-state index contributed by atoms with van der Waals surface area (Å²) in [6.07, 6.45) is 8.60. The zero-order valence-corrected chi connectivity index (χ0v) is 9.95. The van der Waals surface area contributed by atoms with Gasteiger partial charge in [-0.1, -0.05) is 6.42 Å². The van der Waals surface area contributed by atoms with E-state index in [9.17, 15) is 0 Å². The fourth-order valence-electron chi connectivity index (χ4n) is 2.35. The van der Waals surface area contributed by atoms with Gasteiger partial charge in [-0.05, 0) is 43.4 Å². The summed E-state index contributed by atoms with van der Waals surface area (Å²) in [5.74, 6) is 0. The molecule has 1 heterocycles. The maximum absolute atomic E-state index is 5.97. The van der Waals surface area contributed by atoms with Crippen LogP contribution in [0.2, 0.25) is 0 Å². The molecule has 0 amide bonds. The lowest BCUT2D eigenvalue weighted by atomic mass is 9.91. The molecule has 2 rings (SSSR count). The van der Waals surface area contributed by atoms with Crippen molar-refractivity contribution in [1.82, 2.24) is 10.3 Å². The largest absolute Gasteiger partial charge is 0.328 e. The molecule has 1 saturated carbocycles. The van der Waals surface area contributed by atoms with E-state index in [1.165, 1.54) is 30.4 Å². The predicted molar refractivity (Wildman–Crippen MR) is 66.0 cm³/mol. The first-order valence-corrected chi connectivity index (χ1v) is 6.14. The lowest BCUT2D eigenvalue weighted by Gasteiger charge is -2.27. The normalized spacial score (nSPS) is 25.6. The highest BCUT2D eigenvalue weighted by Crippen LogP contribution is 2.17. The van der Waals surface area contributed by atoms with Gasteiger partial charge in [0.2, 0.25) is 0 Å². The molecule has 1 fully saturated rings. The number of nitrogens with zero attached hydrogens (tertiary/aromatic N) is 1. The highest BCUT2D eigenvalue weighted by molar-refractivity contribution is 5.21. The van der Waals surface area contributed by atoms with Gasteiger partial charge in [0.1, 0.15) is 0 Å². The lowest BCUT2D eigenvalue weighted by Crippen LogP contribution is -2.39. The summed E-state index contributed by atoms with van der Waals surface area (Å²) in [6.45, 7) is 3.04. The molecule has 88 valence electrons. The van der Waals surface area contributed by atoms with Gasteiger partial charge >= 0.3 is 0 Å². The molecule has 3 N–H and O–H groups in total. The van der Waals surface area contributed by atoms with Gasteiger partial charge in [-0.25, -0.2) is 0 Å². The zero-order valence-electron chi connectivity index (χ0n) is 9.95. The second-order valence-electron chi connectivity index (χ2n) is 4.81. The predicted octanol–water partition coefficient (Wildman–Crippen LogP) is 1.75. The molecule has 0 aliphatic heterocycles. The second-order valence-corrected chi connectivity index (χ2v) is 4.81. The van der Waals surface area contributed by atoms with Crippen LogP contribution in [0.4, 0.5) is 0 Å². The van der Waals surface area contributed by atoms with Gasteiger partial charge in [0.05, 0.1) is 0 Å². The van der Waals surface area contributed by atoms with Gasteiger partial charge in [-0.15, -0.1) is 0 Å². The Kier molecular flexibility index (Phi) is 3.91. The third-order valence-electron chi connectivity index (χ3n) is 3.44. The fraction of sp³-hybridized carbons (Fsp3) is 0.615. The summed E-state index contributed by atoms with van der Waals surface area (Å²) in [5.41, 5.74) is 8.57. The average molecular weight is 219 g/mol. The Hall–Kier alpha value is -0.930. The number of hydrogen-bond donors (Lipinski definition) is 2. The van der Waals surface area contributed by atoms with Crippen molar-refractivity contribution >= 4 is 0 Å². The van der Waals surface area contributed by atoms with Crippen molar-refractivity contribution in [2.24, 2.45) is 5.73 Å². The van der Waals surface area contributed by atoms with Crippen LogP contribution in [0.5, 0.6) is 0 Å². The number of nitrogens with two attached hydrogens (primary N) is 1. The van der Waals surface area contributed by atoms with Gasteiger partial charge in [-0.3, -0.25) is 4.98 Å². The van der Waals surface area contributed by atoms with Crippen LogP contribution >= 0.6 is 0 Å². The SMILES string of the molecule is Cc1ccncc1CNC1CCCC(N)C1. The number of aromatic nitrogens is 1. The van der Waals surface area contributed by atoms with E-state index in [0.717, 1.165) is 13.0 Å². The summed E-state index contributed by atoms with van der Waals surface area (Å²) >= 11 is 0. The van der Waals surface area contributed by atoms with Crippen LogP contribution in [0.1, 0.15) is 36.8 Å². The van der Waals surface area contributed by atoms with Crippen molar-refractivity contribution in [1.29, 1.82) is 0 Å². The van der Waals surface area contributed by atoms with E-state index in [1.54, 1.807) is 0 Å². The Balaban J connectivity index is 1.85. The molecule has 1 aliphatic carbocycles. The van der Waals surface area contributed by atoms with Crippen LogP contribution in [0.25, 0.3) is 0 Å². The smallest absolute Gasteiger partial charge is 0.0315 e. The molecule has 3 nitrogen and oxygen atoms in total. The molecule has 1 aromatic rings. The maximum Gasteiger partial charge on any atom is 0.0315 e. The molecule has 2 atom stereocenters. The maximum atomic E-state index is 5.97. The molecule has 16 heavy (non-hydrogen) atoms. The molecule has 1 aliphatic rings. The summed E-state index contributed by atoms with van der Waals surface area (Å²) in [4.78, 5) is 4.16. The number of nitrogens with one attached hydrogen (secondary N) is 1. The van der Waals surface area contributed by atoms with Crippen molar-refractivity contribution in [3.8, 4) is 0 Å². The summed E-state index contributed by atoms with van der Waals surface area (Å²) in [5, 5.41) is 3.59. The van der Waals surface area contributed by atoms with Gasteiger partial charge in [0.25, 0.3) is 0 Å². The minimum absolute atomic E-state index is 0.390. The lowest BCUT2D eigenvalue weighted by molar-refractivity contribution is 0.338. The molecule has 3 heteroatoms. The Morgan fingerprint density at radius 2 is 2.38 bits per heavy atom. The molecule has 0 radical (unpaired) electrons. The Bertz CT molecular complexity index is 338. The Labute approximate surface area is 97.5 Å². The molecule has 0 spiro atoms. The molecular formula is C13H21N3. The molecule has 0 saturated heterocycles. The Morgan fingerprint density at radius 1 is 1.50 bits per heavy atom. The van der Waals surface area contributed by atoms with Crippen LogP contribution < -0.4 is 11.1 Å². The number of pyridine rings is 1. The summed E-state index contributed by atoms with van der Waals surface area (Å²) in [7, 11) is 0. The zero-order chi connectivity index (χ0) is 11.4. The first-order chi connectivity index (χ1) is 7.75. The van der Waals surface area contributed by atoms with Crippen molar-refractivity contribution in [3.05, 3.63) is 29.6 Å². The highest BCUT2D eigenvalue weighted by Gasteiger charge is 2.18. The standard InChI is InChI=1S/C13H21N3/c1-10-5-6-15-8-11(10)9-16-13-4-2-3-12(14)7-13/h5-6,8,12-13,16H,2-4,7,9,14H2,1H3. The van der Waals surface area contributed by atoms with Gasteiger partial charge in [0, 0.05) is 31.0 Å². The number of rotatable bonds is 3. The van der Waals surface area contributed by atoms with E-state index in [0.29, 0.717) is 12.1 Å². The van der Waals surface area contributed by atoms with Crippen LogP contribution in [0.3, 0.4) is 0 Å². The van der Waals surface area contributed by atoms with E-state index in [-0.39, 0.29) is 0 Å². The first-order valence-electron chi connectivity index (χ1n) is 6.14. The van der Waals surface area contributed by atoms with Crippen LogP contribution in [0.15, 0.2) is 18.5 Å². The number of aryl methyl sites for hydroxylation is 1. The van der Waals surface area contributed by atoms with Gasteiger partial charge < -0.3 is 11.1 Å². The van der Waals surface area contributed by atoms with Crippen LogP contribution in [-0.2, 0) is 6.54 Å². The fourth-order valence-corrected chi connectivity index (χ4v) is 2.35. The average Bonchev–Trinajstić information content (AvgIpc) is 2.28. The van der Waals surface area contributed by atoms with E-state index in [2.05, 4.69) is 23.3 Å². The topological polar surface area (TPSA) is 50.9 Å². The Morgan fingerprint density at radius 3 is 3.12 bits per heavy atom. The third kappa shape index (κ3) is 3.03. The van der Waals surface area contributed by atoms with Crippen molar-refractivity contribution in [2.45, 2.75) is 51.2 Å². The third-order valence-corrected chi connectivity index (χ3v) is 3.44. The monoisotopic (exact) mass is 219 g/mol. The van der Waals surface area contributed by atoms with Crippen LogP contribution in [0, 0.1) is 6.92 Å². The van der Waals surface area contributed by atoms with Crippen molar-refractivity contribution in [3.63, 3.8) is 0 Å². The minimum atomic E-state index is 0.390. The van der Waals surface area contributed by atoms with Gasteiger partial charge in [0.15, 0.2) is 0 Å². The molecular weight excluding hydrogens is 198 g/mol. The van der Waals surface area contributed by atoms with Crippen molar-refractivity contribution in [2.75, 3.05) is 0 Å². The number of hydrogen-bond acceptors (Lipinski definition) is 3. The van der Waals surface area contributed by atoms with E-state index in [1.807, 2.05) is 12.4 Å². The summed E-state index contributed by atoms with van der Waals surface area (Å²) < 4.78 is 0. The first kappa shape index (κ1) is 11.6. The summed E-state index contributed by atoms with van der Waals surface area (Å²) in [6, 6.07) is 3.04. The van der Waals surface area contributed by atoms with E-state index >= 15 is 0 Å². The van der Waals surface area contributed by atoms with Crippen LogP contribution in [-0.4, -0.2) is 17.1 Å². The minimum Gasteiger partial charge on any atom is -0.328 e. The van der Waals surface area contributed by atoms with E-state index < -0.39 is 0 Å². The molecule has 0 bridgehead atoms. The molecule has 0 aromatic carbocycles. The van der Waals surface area contributed by atoms with Gasteiger partial charge in [-0.2, -0.15) is 0 Å². The van der Waals surface area contributed by atoms with E-state index in [4.69, 9.17) is 5.73 Å².